The number of carbonyl (C=O) groups excluding carboxylic acids is 2. The first-order valence-corrected chi connectivity index (χ1v) is 8.26. The molecule has 6 nitrogen and oxygen atoms in total. The van der Waals surface area contributed by atoms with E-state index in [0.717, 1.165) is 0 Å². The van der Waals surface area contributed by atoms with Gasteiger partial charge in [-0.05, 0) is 37.5 Å². The quantitative estimate of drug-likeness (QED) is 0.209. The van der Waals surface area contributed by atoms with E-state index in [1.807, 2.05) is 0 Å². The van der Waals surface area contributed by atoms with E-state index in [1.165, 1.54) is 26.4 Å². The molecule has 1 rings (SSSR count). The molecule has 0 aromatic heterocycles. The highest BCUT2D eigenvalue weighted by Crippen LogP contribution is 2.15. The molecule has 1 aromatic rings. The minimum Gasteiger partial charge on any atom is -0.462 e. The molecule has 1 aromatic carbocycles. The summed E-state index contributed by atoms with van der Waals surface area (Å²) in [5, 5.41) is 0. The molecule has 0 amide bonds. The van der Waals surface area contributed by atoms with Gasteiger partial charge in [0.1, 0.15) is 22.3 Å². The van der Waals surface area contributed by atoms with Gasteiger partial charge in [-0.25, -0.2) is 9.59 Å². The lowest BCUT2D eigenvalue weighted by molar-refractivity contribution is -0.147. The van der Waals surface area contributed by atoms with E-state index in [4.69, 9.17) is 18.9 Å². The summed E-state index contributed by atoms with van der Waals surface area (Å²) in [6, 6.07) is 6.37. The van der Waals surface area contributed by atoms with Crippen LogP contribution in [0.25, 0.3) is 0 Å². The lowest BCUT2D eigenvalue weighted by atomic mass is 10.1. The Kier molecular flexibility index (Phi) is 8.54. The van der Waals surface area contributed by atoms with E-state index in [2.05, 4.69) is 16.8 Å². The van der Waals surface area contributed by atoms with Gasteiger partial charge in [-0.15, -0.1) is 0 Å². The molecule has 0 aliphatic carbocycles. The molecule has 0 bridgehead atoms. The first-order chi connectivity index (χ1) is 11.8. The highest BCUT2D eigenvalue weighted by atomic mass is 28.1. The van der Waals surface area contributed by atoms with Crippen molar-refractivity contribution < 1.29 is 28.5 Å². The average molecular weight is 363 g/mol. The number of methoxy groups -OCH3 is 2. The molecule has 0 saturated heterocycles. The maximum Gasteiger partial charge on any atom is 0.339 e. The molecule has 0 unspecified atom stereocenters. The van der Waals surface area contributed by atoms with Crippen LogP contribution in [-0.2, 0) is 18.9 Å². The van der Waals surface area contributed by atoms with Gasteiger partial charge in [0, 0.05) is 14.2 Å². The minimum absolute atomic E-state index is 0.101. The van der Waals surface area contributed by atoms with Crippen LogP contribution < -0.4 is 0 Å². The first kappa shape index (κ1) is 21.1. The summed E-state index contributed by atoms with van der Waals surface area (Å²) in [6.07, 6.45) is 0.992. The largest absolute Gasteiger partial charge is 0.462 e. The Morgan fingerprint density at radius 1 is 1.08 bits per heavy atom. The van der Waals surface area contributed by atoms with E-state index >= 15 is 0 Å². The van der Waals surface area contributed by atoms with Gasteiger partial charge in [0.15, 0.2) is 0 Å². The molecule has 0 spiro atoms. The maximum atomic E-state index is 12.2. The summed E-state index contributed by atoms with van der Waals surface area (Å²) < 4.78 is 20.6. The fourth-order valence-corrected chi connectivity index (χ4v) is 2.12. The van der Waals surface area contributed by atoms with Gasteiger partial charge >= 0.3 is 11.9 Å². The molecule has 0 saturated carbocycles. The van der Waals surface area contributed by atoms with Crippen LogP contribution in [0.1, 0.15) is 40.5 Å². The molecule has 7 heteroatoms. The van der Waals surface area contributed by atoms with Crippen LogP contribution in [0, 0.1) is 0 Å². The SMILES string of the molecule is C=C(C)COC(=O)c1ccccc1C(=O)OCCCC([Si])(OC)OC. The molecule has 0 aliphatic rings. The summed E-state index contributed by atoms with van der Waals surface area (Å²) >= 11 is 0. The fraction of sp³-hybridized carbons (Fsp3) is 0.444. The molecule has 0 heterocycles. The van der Waals surface area contributed by atoms with Gasteiger partial charge in [0.2, 0.25) is 0 Å². The molecule has 0 atom stereocenters. The molecule has 0 N–H and O–H groups in total. The summed E-state index contributed by atoms with van der Waals surface area (Å²) in [7, 11) is 6.38. The van der Waals surface area contributed by atoms with Crippen molar-refractivity contribution in [3.05, 3.63) is 47.5 Å². The third-order valence-electron chi connectivity index (χ3n) is 3.36. The Balaban J connectivity index is 2.64. The van der Waals surface area contributed by atoms with Crippen molar-refractivity contribution in [2.24, 2.45) is 0 Å². The summed E-state index contributed by atoms with van der Waals surface area (Å²) in [6.45, 7) is 5.68. The Hall–Kier alpha value is -1.96. The summed E-state index contributed by atoms with van der Waals surface area (Å²) in [5.41, 5.74) is 0.133. The van der Waals surface area contributed by atoms with E-state index in [1.54, 1.807) is 19.1 Å². The van der Waals surface area contributed by atoms with E-state index in [9.17, 15) is 9.59 Å². The van der Waals surface area contributed by atoms with Gasteiger partial charge in [0.05, 0.1) is 17.7 Å². The summed E-state index contributed by atoms with van der Waals surface area (Å²) in [5.74, 6) is -1.18. The first-order valence-electron chi connectivity index (χ1n) is 7.76. The Bertz CT molecular complexity index is 609. The van der Waals surface area contributed by atoms with Gasteiger partial charge < -0.3 is 18.9 Å². The van der Waals surface area contributed by atoms with E-state index < -0.39 is 17.3 Å². The molecular weight excluding hydrogens is 340 g/mol. The molecule has 25 heavy (non-hydrogen) atoms. The second kappa shape index (κ2) is 10.1. The van der Waals surface area contributed by atoms with Crippen molar-refractivity contribution in [1.82, 2.24) is 0 Å². The topological polar surface area (TPSA) is 71.1 Å². The van der Waals surface area contributed by atoms with Crippen LogP contribution in [0.4, 0.5) is 0 Å². The molecular formula is C18H23O6Si. The van der Waals surface area contributed by atoms with Gasteiger partial charge in [-0.3, -0.25) is 0 Å². The van der Waals surface area contributed by atoms with Gasteiger partial charge in [0.25, 0.3) is 0 Å². The van der Waals surface area contributed by atoms with Crippen molar-refractivity contribution in [3.8, 4) is 0 Å². The van der Waals surface area contributed by atoms with Crippen LogP contribution in [0.5, 0.6) is 0 Å². The number of hydrogen-bond donors (Lipinski definition) is 0. The predicted molar refractivity (Wildman–Crippen MR) is 93.6 cm³/mol. The van der Waals surface area contributed by atoms with Gasteiger partial charge in [-0.2, -0.15) is 0 Å². The van der Waals surface area contributed by atoms with E-state index in [0.29, 0.717) is 18.4 Å². The van der Waals surface area contributed by atoms with Crippen LogP contribution in [0.2, 0.25) is 0 Å². The Morgan fingerprint density at radius 3 is 2.08 bits per heavy atom. The zero-order valence-electron chi connectivity index (χ0n) is 14.8. The molecule has 3 radical (unpaired) electrons. The Labute approximate surface area is 151 Å². The van der Waals surface area contributed by atoms with Crippen LogP contribution >= 0.6 is 0 Å². The monoisotopic (exact) mass is 363 g/mol. The molecule has 135 valence electrons. The fourth-order valence-electron chi connectivity index (χ4n) is 1.94. The third kappa shape index (κ3) is 6.81. The lowest BCUT2D eigenvalue weighted by Crippen LogP contribution is -2.34. The average Bonchev–Trinajstić information content (AvgIpc) is 2.62. The highest BCUT2D eigenvalue weighted by Gasteiger charge is 2.23. The minimum atomic E-state index is -0.906. The number of benzene rings is 1. The predicted octanol–water partition coefficient (Wildman–Crippen LogP) is 2.47. The van der Waals surface area contributed by atoms with Crippen molar-refractivity contribution in [3.63, 3.8) is 0 Å². The van der Waals surface area contributed by atoms with E-state index in [-0.39, 0.29) is 24.3 Å². The normalized spacial score (nSPS) is 11.0. The number of rotatable bonds is 10. The second-order valence-corrected chi connectivity index (χ2v) is 6.24. The number of esters is 2. The molecule has 0 fully saturated rings. The number of carbonyl (C=O) groups is 2. The van der Waals surface area contributed by atoms with Crippen molar-refractivity contribution >= 4 is 22.2 Å². The van der Waals surface area contributed by atoms with Crippen LogP contribution in [0.3, 0.4) is 0 Å². The smallest absolute Gasteiger partial charge is 0.339 e. The van der Waals surface area contributed by atoms with Gasteiger partial charge in [-0.1, -0.05) is 18.7 Å². The second-order valence-electron chi connectivity index (χ2n) is 5.48. The van der Waals surface area contributed by atoms with Crippen LogP contribution in [-0.4, -0.2) is 55.0 Å². The third-order valence-corrected chi connectivity index (χ3v) is 4.02. The van der Waals surface area contributed by atoms with Crippen molar-refractivity contribution in [1.29, 1.82) is 0 Å². The standard InChI is InChI=1S/C18H23O6Si/c1-13(2)12-24-17(20)15-9-6-5-8-14(15)16(19)23-11-7-10-18(25,21-3)22-4/h5-6,8-9H,1,7,10-12H2,2-4H3. The maximum absolute atomic E-state index is 12.2. The summed E-state index contributed by atoms with van der Waals surface area (Å²) in [4.78, 5) is 24.4. The van der Waals surface area contributed by atoms with Crippen molar-refractivity contribution in [2.45, 2.75) is 25.2 Å². The van der Waals surface area contributed by atoms with Crippen molar-refractivity contribution in [2.75, 3.05) is 27.4 Å². The zero-order chi connectivity index (χ0) is 18.9. The Morgan fingerprint density at radius 2 is 1.60 bits per heavy atom. The number of ether oxygens (including phenoxy) is 4. The number of hydrogen-bond acceptors (Lipinski definition) is 6. The molecule has 0 aliphatic heterocycles. The van der Waals surface area contributed by atoms with Crippen LogP contribution in [0.15, 0.2) is 36.4 Å². The highest BCUT2D eigenvalue weighted by molar-refractivity contribution is 6.13. The zero-order valence-corrected chi connectivity index (χ0v) is 15.8. The lowest BCUT2D eigenvalue weighted by Gasteiger charge is -2.26.